The van der Waals surface area contributed by atoms with Crippen molar-refractivity contribution < 1.29 is 9.26 Å². The molecule has 2 aromatic rings. The second kappa shape index (κ2) is 4.69. The van der Waals surface area contributed by atoms with Crippen LogP contribution in [0.15, 0.2) is 16.7 Å². The molecule has 0 saturated heterocycles. The molecular formula is C10H13N5O2. The molecule has 0 fully saturated rings. The van der Waals surface area contributed by atoms with Crippen LogP contribution < -0.4 is 15.8 Å². The van der Waals surface area contributed by atoms with Crippen molar-refractivity contribution in [3.63, 3.8) is 0 Å². The summed E-state index contributed by atoms with van der Waals surface area (Å²) >= 11 is 0. The van der Waals surface area contributed by atoms with Gasteiger partial charge in [-0.3, -0.25) is 0 Å². The molecule has 0 radical (unpaired) electrons. The van der Waals surface area contributed by atoms with E-state index in [0.29, 0.717) is 35.6 Å². The number of hydrogen-bond acceptors (Lipinski definition) is 7. The van der Waals surface area contributed by atoms with Gasteiger partial charge in [0.25, 0.3) is 0 Å². The van der Waals surface area contributed by atoms with Gasteiger partial charge in [0.15, 0.2) is 5.82 Å². The van der Waals surface area contributed by atoms with Crippen LogP contribution in [0.25, 0.3) is 0 Å². The molecular weight excluding hydrogens is 222 g/mol. The van der Waals surface area contributed by atoms with E-state index in [0.717, 1.165) is 0 Å². The molecule has 0 aliphatic rings. The summed E-state index contributed by atoms with van der Waals surface area (Å²) in [6, 6.07) is 3.47. The summed E-state index contributed by atoms with van der Waals surface area (Å²) in [5, 5.41) is 6.72. The van der Waals surface area contributed by atoms with Crippen LogP contribution in [-0.4, -0.2) is 22.2 Å². The van der Waals surface area contributed by atoms with E-state index in [4.69, 9.17) is 15.0 Å². The number of methoxy groups -OCH3 is 1. The van der Waals surface area contributed by atoms with Crippen LogP contribution in [0.1, 0.15) is 11.7 Å². The molecule has 0 aliphatic carbocycles. The van der Waals surface area contributed by atoms with Crippen molar-refractivity contribution in [2.75, 3.05) is 18.2 Å². The summed E-state index contributed by atoms with van der Waals surface area (Å²) in [4.78, 5) is 8.23. The third-order valence-corrected chi connectivity index (χ3v) is 2.07. The fourth-order valence-corrected chi connectivity index (χ4v) is 1.29. The lowest BCUT2D eigenvalue weighted by molar-refractivity contribution is 0.379. The first kappa shape index (κ1) is 11.2. The zero-order valence-electron chi connectivity index (χ0n) is 9.60. The minimum atomic E-state index is 0.386. The molecule has 3 N–H and O–H groups in total. The zero-order valence-corrected chi connectivity index (χ0v) is 9.60. The Balaban J connectivity index is 2.04. The molecule has 0 aromatic carbocycles. The highest BCUT2D eigenvalue weighted by atomic mass is 16.5. The van der Waals surface area contributed by atoms with Gasteiger partial charge in [-0.05, 0) is 19.1 Å². The average Bonchev–Trinajstić information content (AvgIpc) is 2.74. The van der Waals surface area contributed by atoms with Gasteiger partial charge in [0.2, 0.25) is 11.8 Å². The number of aromatic nitrogens is 3. The third kappa shape index (κ3) is 2.63. The van der Waals surface area contributed by atoms with Crippen molar-refractivity contribution in [2.24, 2.45) is 0 Å². The minimum Gasteiger partial charge on any atom is -0.479 e. The van der Waals surface area contributed by atoms with Gasteiger partial charge in [-0.25, -0.2) is 0 Å². The molecule has 2 aromatic heterocycles. The van der Waals surface area contributed by atoms with Crippen LogP contribution in [0.5, 0.6) is 5.88 Å². The van der Waals surface area contributed by atoms with Gasteiger partial charge in [-0.1, -0.05) is 5.16 Å². The van der Waals surface area contributed by atoms with Crippen molar-refractivity contribution in [3.05, 3.63) is 23.8 Å². The number of anilines is 2. The predicted molar refractivity (Wildman–Crippen MR) is 61.6 cm³/mol. The van der Waals surface area contributed by atoms with Crippen LogP contribution in [-0.2, 0) is 6.54 Å². The van der Waals surface area contributed by atoms with Crippen LogP contribution in [0.4, 0.5) is 11.5 Å². The Kier molecular flexibility index (Phi) is 3.08. The topological polar surface area (TPSA) is 99.1 Å². The summed E-state index contributed by atoms with van der Waals surface area (Å²) in [6.45, 7) is 2.17. The van der Waals surface area contributed by atoms with Crippen LogP contribution in [0, 0.1) is 6.92 Å². The molecule has 0 bridgehead atoms. The largest absolute Gasteiger partial charge is 0.479 e. The molecule has 7 nitrogen and oxygen atoms in total. The van der Waals surface area contributed by atoms with Gasteiger partial charge in [0.1, 0.15) is 5.82 Å². The molecule has 17 heavy (non-hydrogen) atoms. The fraction of sp³-hybridized carbons (Fsp3) is 0.300. The summed E-state index contributed by atoms with van der Waals surface area (Å²) in [5.74, 6) is 2.12. The molecule has 0 atom stereocenters. The lowest BCUT2D eigenvalue weighted by Gasteiger charge is -2.06. The number of aryl methyl sites for hydroxylation is 1. The van der Waals surface area contributed by atoms with Gasteiger partial charge in [-0.15, -0.1) is 0 Å². The maximum Gasteiger partial charge on any atom is 0.245 e. The molecule has 0 aliphatic heterocycles. The standard InChI is InChI=1S/C10H13N5O2/c1-6-13-9(17-15-6)5-12-8-4-3-7(11)10(14-8)16-2/h3-4H,5,11H2,1-2H3,(H,12,14). The number of nitrogens with one attached hydrogen (secondary N) is 1. The van der Waals surface area contributed by atoms with Crippen LogP contribution >= 0.6 is 0 Å². The Morgan fingerprint density at radius 2 is 2.24 bits per heavy atom. The average molecular weight is 235 g/mol. The SMILES string of the molecule is COc1nc(NCc2nc(C)no2)ccc1N. The van der Waals surface area contributed by atoms with Crippen molar-refractivity contribution in [1.82, 2.24) is 15.1 Å². The highest BCUT2D eigenvalue weighted by Gasteiger charge is 2.05. The van der Waals surface area contributed by atoms with E-state index < -0.39 is 0 Å². The third-order valence-electron chi connectivity index (χ3n) is 2.07. The van der Waals surface area contributed by atoms with Crippen molar-refractivity contribution >= 4 is 11.5 Å². The van der Waals surface area contributed by atoms with Gasteiger partial charge >= 0.3 is 0 Å². The Bertz CT molecular complexity index is 511. The first-order chi connectivity index (χ1) is 8.19. The molecule has 0 spiro atoms. The number of hydrogen-bond donors (Lipinski definition) is 2. The summed E-state index contributed by atoms with van der Waals surface area (Å²) in [7, 11) is 1.52. The second-order valence-electron chi connectivity index (χ2n) is 3.38. The van der Waals surface area contributed by atoms with E-state index in [-0.39, 0.29) is 0 Å². The number of pyridine rings is 1. The minimum absolute atomic E-state index is 0.386. The van der Waals surface area contributed by atoms with Crippen LogP contribution in [0.3, 0.4) is 0 Å². The van der Waals surface area contributed by atoms with E-state index in [1.165, 1.54) is 7.11 Å². The predicted octanol–water partition coefficient (Wildman–Crippen LogP) is 0.976. The molecule has 2 rings (SSSR count). The van der Waals surface area contributed by atoms with Crippen molar-refractivity contribution in [3.8, 4) is 5.88 Å². The molecule has 7 heteroatoms. The number of nitrogen functional groups attached to an aromatic ring is 1. The fourth-order valence-electron chi connectivity index (χ4n) is 1.29. The smallest absolute Gasteiger partial charge is 0.245 e. The first-order valence-electron chi connectivity index (χ1n) is 5.02. The highest BCUT2D eigenvalue weighted by molar-refractivity contribution is 5.53. The summed E-state index contributed by atoms with van der Waals surface area (Å²) in [6.07, 6.45) is 0. The molecule has 0 saturated carbocycles. The number of ether oxygens (including phenoxy) is 1. The molecule has 0 amide bonds. The summed E-state index contributed by atoms with van der Waals surface area (Å²) in [5.41, 5.74) is 6.15. The van der Waals surface area contributed by atoms with Crippen molar-refractivity contribution in [2.45, 2.75) is 13.5 Å². The molecule has 0 unspecified atom stereocenters. The Hall–Kier alpha value is -2.31. The van der Waals surface area contributed by atoms with E-state index in [2.05, 4.69) is 20.4 Å². The maximum absolute atomic E-state index is 5.65. The normalized spacial score (nSPS) is 10.2. The van der Waals surface area contributed by atoms with E-state index >= 15 is 0 Å². The van der Waals surface area contributed by atoms with Crippen LogP contribution in [0.2, 0.25) is 0 Å². The molecule has 90 valence electrons. The van der Waals surface area contributed by atoms with Crippen molar-refractivity contribution in [1.29, 1.82) is 0 Å². The van der Waals surface area contributed by atoms with E-state index in [1.54, 1.807) is 19.1 Å². The number of nitrogens with two attached hydrogens (primary N) is 1. The van der Waals surface area contributed by atoms with Gasteiger partial charge in [0, 0.05) is 0 Å². The zero-order chi connectivity index (χ0) is 12.3. The van der Waals surface area contributed by atoms with Gasteiger partial charge in [0.05, 0.1) is 19.3 Å². The number of nitrogens with zero attached hydrogens (tertiary/aromatic N) is 3. The number of rotatable bonds is 4. The monoisotopic (exact) mass is 235 g/mol. The second-order valence-corrected chi connectivity index (χ2v) is 3.38. The van der Waals surface area contributed by atoms with E-state index in [1.807, 2.05) is 0 Å². The summed E-state index contributed by atoms with van der Waals surface area (Å²) < 4.78 is 9.97. The lowest BCUT2D eigenvalue weighted by atomic mass is 10.4. The Labute approximate surface area is 98.0 Å². The van der Waals surface area contributed by atoms with Gasteiger partial charge in [-0.2, -0.15) is 9.97 Å². The quantitative estimate of drug-likeness (QED) is 0.814. The van der Waals surface area contributed by atoms with Gasteiger partial charge < -0.3 is 20.3 Å². The highest BCUT2D eigenvalue weighted by Crippen LogP contribution is 2.20. The molecule has 2 heterocycles. The lowest BCUT2D eigenvalue weighted by Crippen LogP contribution is -2.03. The Morgan fingerprint density at radius 3 is 2.88 bits per heavy atom. The first-order valence-corrected chi connectivity index (χ1v) is 5.02. The van der Waals surface area contributed by atoms with E-state index in [9.17, 15) is 0 Å². The Morgan fingerprint density at radius 1 is 1.41 bits per heavy atom. The maximum atomic E-state index is 5.65.